The summed E-state index contributed by atoms with van der Waals surface area (Å²) < 4.78 is 6.46. The second-order valence-electron chi connectivity index (χ2n) is 9.64. The molecular weight excluding hydrogens is 432 g/mol. The monoisotopic (exact) mass is 468 g/mol. The molecule has 0 aromatic heterocycles. The van der Waals surface area contributed by atoms with E-state index in [4.69, 9.17) is 4.74 Å². The van der Waals surface area contributed by atoms with Crippen LogP contribution in [0, 0.1) is 5.41 Å². The summed E-state index contributed by atoms with van der Waals surface area (Å²) in [5.41, 5.74) is 3.67. The molecule has 1 unspecified atom stereocenters. The lowest BCUT2D eigenvalue weighted by molar-refractivity contribution is -0.144. The van der Waals surface area contributed by atoms with Gasteiger partial charge in [0, 0.05) is 24.6 Å². The van der Waals surface area contributed by atoms with Gasteiger partial charge in [0.25, 0.3) is 0 Å². The molecule has 178 valence electrons. The fourth-order valence-electron chi connectivity index (χ4n) is 5.40. The number of hydrogen-bond acceptors (Lipinski definition) is 3. The highest BCUT2D eigenvalue weighted by atomic mass is 35.5. The van der Waals surface area contributed by atoms with Crippen molar-refractivity contribution in [2.24, 2.45) is 5.41 Å². The average molecular weight is 469 g/mol. The number of carbonyl (C=O) groups is 1. The quantitative estimate of drug-likeness (QED) is 0.505. The molecule has 0 radical (unpaired) electrons. The molecule has 0 aliphatic carbocycles. The normalized spacial score (nSPS) is 22.4. The molecule has 4 nitrogen and oxygen atoms in total. The number of aryl methyl sites for hydroxylation is 1. The van der Waals surface area contributed by atoms with Gasteiger partial charge in [-0.05, 0) is 75.4 Å². The Bertz CT molecular complexity index is 921. The highest BCUT2D eigenvalue weighted by Gasteiger charge is 2.49. The van der Waals surface area contributed by atoms with Gasteiger partial charge in [0.1, 0.15) is 0 Å². The number of rotatable bonds is 7. The standard InChI is InChI=1S/C28H36N2O2.ClH/c1-23(31)29-26-12-10-25(11-13-26)22-30-19-17-28(18-20-30,27(2)15-6-7-21-32-27)16-14-24-8-4-3-5-9-24;/h3-13H,14-22H2,1-2H3,(H,29,31);1H. The Morgan fingerprint density at radius 3 is 2.30 bits per heavy atom. The van der Waals surface area contributed by atoms with Crippen LogP contribution in [-0.2, 0) is 22.5 Å². The number of ether oxygens (including phenoxy) is 1. The fourth-order valence-corrected chi connectivity index (χ4v) is 5.40. The Kier molecular flexibility index (Phi) is 8.75. The first-order valence-corrected chi connectivity index (χ1v) is 11.9. The molecule has 2 aromatic carbocycles. The second kappa shape index (κ2) is 11.3. The molecule has 1 atom stereocenters. The molecule has 0 bridgehead atoms. The average Bonchev–Trinajstić information content (AvgIpc) is 2.81. The summed E-state index contributed by atoms with van der Waals surface area (Å²) in [6.07, 6.45) is 10.1. The number of benzene rings is 2. The van der Waals surface area contributed by atoms with Gasteiger partial charge in [-0.2, -0.15) is 0 Å². The molecule has 1 amide bonds. The summed E-state index contributed by atoms with van der Waals surface area (Å²) in [7, 11) is 0. The van der Waals surface area contributed by atoms with Gasteiger partial charge in [-0.1, -0.05) is 54.6 Å². The van der Waals surface area contributed by atoms with Crippen molar-refractivity contribution in [2.75, 3.05) is 25.0 Å². The maximum absolute atomic E-state index is 11.2. The van der Waals surface area contributed by atoms with E-state index in [1.165, 1.54) is 24.5 Å². The Hall–Kier alpha value is -2.14. The van der Waals surface area contributed by atoms with E-state index in [0.29, 0.717) is 0 Å². The van der Waals surface area contributed by atoms with Gasteiger partial charge in [-0.15, -0.1) is 12.4 Å². The van der Waals surface area contributed by atoms with Crippen molar-refractivity contribution in [1.82, 2.24) is 4.90 Å². The summed E-state index contributed by atoms with van der Waals surface area (Å²) in [5, 5.41) is 2.84. The number of likely N-dealkylation sites (tertiary alicyclic amines) is 1. The summed E-state index contributed by atoms with van der Waals surface area (Å²) in [4.78, 5) is 13.8. The second-order valence-corrected chi connectivity index (χ2v) is 9.64. The van der Waals surface area contributed by atoms with Crippen LogP contribution in [0.2, 0.25) is 0 Å². The molecule has 2 aromatic rings. The zero-order valence-corrected chi connectivity index (χ0v) is 20.7. The summed E-state index contributed by atoms with van der Waals surface area (Å²) in [6, 6.07) is 19.1. The van der Waals surface area contributed by atoms with Crippen molar-refractivity contribution >= 4 is 24.0 Å². The third-order valence-corrected chi connectivity index (χ3v) is 7.52. The van der Waals surface area contributed by atoms with Gasteiger partial charge in [0.05, 0.1) is 12.2 Å². The lowest BCUT2D eigenvalue weighted by Crippen LogP contribution is -2.54. The zero-order valence-electron chi connectivity index (χ0n) is 19.9. The SMILES string of the molecule is CC(=O)Nc1ccc(CN2CCC(CCc3ccccc3)(C3(C)CC=CCO3)CC2)cc1.Cl. The Morgan fingerprint density at radius 1 is 1.00 bits per heavy atom. The minimum Gasteiger partial charge on any atom is -0.370 e. The minimum atomic E-state index is -0.0946. The van der Waals surface area contributed by atoms with Crippen molar-refractivity contribution in [3.05, 3.63) is 77.9 Å². The highest BCUT2D eigenvalue weighted by molar-refractivity contribution is 5.88. The van der Waals surface area contributed by atoms with Crippen LogP contribution in [0.25, 0.3) is 0 Å². The van der Waals surface area contributed by atoms with E-state index in [0.717, 1.165) is 57.6 Å². The molecule has 2 aliphatic rings. The number of nitrogens with zero attached hydrogens (tertiary/aromatic N) is 1. The smallest absolute Gasteiger partial charge is 0.221 e. The predicted octanol–water partition coefficient (Wildman–Crippen LogP) is 6.02. The number of hydrogen-bond donors (Lipinski definition) is 1. The molecule has 2 heterocycles. The lowest BCUT2D eigenvalue weighted by Gasteiger charge is -2.53. The largest absolute Gasteiger partial charge is 0.370 e. The number of carbonyl (C=O) groups excluding carboxylic acids is 1. The van der Waals surface area contributed by atoms with Gasteiger partial charge in [0.2, 0.25) is 5.91 Å². The van der Waals surface area contributed by atoms with E-state index in [2.05, 4.69) is 71.8 Å². The Balaban J connectivity index is 0.00000306. The number of piperidine rings is 1. The van der Waals surface area contributed by atoms with Gasteiger partial charge < -0.3 is 10.1 Å². The van der Waals surface area contributed by atoms with E-state index in [1.54, 1.807) is 0 Å². The topological polar surface area (TPSA) is 41.6 Å². The summed E-state index contributed by atoms with van der Waals surface area (Å²) in [6.45, 7) is 7.74. The first-order chi connectivity index (χ1) is 15.5. The van der Waals surface area contributed by atoms with Gasteiger partial charge in [-0.3, -0.25) is 9.69 Å². The van der Waals surface area contributed by atoms with Gasteiger partial charge >= 0.3 is 0 Å². The zero-order chi connectivity index (χ0) is 22.4. The van der Waals surface area contributed by atoms with Gasteiger partial charge in [0.15, 0.2) is 0 Å². The molecular formula is C28H37ClN2O2. The van der Waals surface area contributed by atoms with Crippen LogP contribution < -0.4 is 5.32 Å². The maximum atomic E-state index is 11.2. The van der Waals surface area contributed by atoms with Crippen molar-refractivity contribution in [2.45, 2.75) is 58.1 Å². The Morgan fingerprint density at radius 2 is 1.70 bits per heavy atom. The number of amides is 1. The predicted molar refractivity (Wildman–Crippen MR) is 138 cm³/mol. The molecule has 4 rings (SSSR count). The number of anilines is 1. The molecule has 2 aliphatic heterocycles. The van der Waals surface area contributed by atoms with E-state index in [9.17, 15) is 4.79 Å². The fraction of sp³-hybridized carbons (Fsp3) is 0.464. The molecule has 1 N–H and O–H groups in total. The molecule has 0 spiro atoms. The minimum absolute atomic E-state index is 0. The van der Waals surface area contributed by atoms with Crippen LogP contribution in [0.4, 0.5) is 5.69 Å². The summed E-state index contributed by atoms with van der Waals surface area (Å²) >= 11 is 0. The molecule has 1 saturated heterocycles. The summed E-state index contributed by atoms with van der Waals surface area (Å²) in [5.74, 6) is -0.0334. The van der Waals surface area contributed by atoms with Crippen molar-refractivity contribution in [3.8, 4) is 0 Å². The van der Waals surface area contributed by atoms with E-state index in [-0.39, 0.29) is 29.3 Å². The number of nitrogens with one attached hydrogen (secondary N) is 1. The molecule has 5 heteroatoms. The van der Waals surface area contributed by atoms with Crippen LogP contribution >= 0.6 is 12.4 Å². The van der Waals surface area contributed by atoms with Crippen molar-refractivity contribution in [1.29, 1.82) is 0 Å². The van der Waals surface area contributed by atoms with E-state index >= 15 is 0 Å². The van der Waals surface area contributed by atoms with Crippen molar-refractivity contribution in [3.63, 3.8) is 0 Å². The third kappa shape index (κ3) is 6.26. The van der Waals surface area contributed by atoms with E-state index < -0.39 is 0 Å². The molecule has 0 saturated carbocycles. The van der Waals surface area contributed by atoms with E-state index in [1.807, 2.05) is 12.1 Å². The van der Waals surface area contributed by atoms with Crippen molar-refractivity contribution < 1.29 is 9.53 Å². The third-order valence-electron chi connectivity index (χ3n) is 7.52. The first kappa shape index (κ1) is 25.5. The van der Waals surface area contributed by atoms with Crippen LogP contribution in [0.5, 0.6) is 0 Å². The number of halogens is 1. The molecule has 33 heavy (non-hydrogen) atoms. The molecule has 1 fully saturated rings. The highest BCUT2D eigenvalue weighted by Crippen LogP contribution is 2.50. The van der Waals surface area contributed by atoms with Crippen LogP contribution in [0.3, 0.4) is 0 Å². The lowest BCUT2D eigenvalue weighted by atomic mass is 9.62. The van der Waals surface area contributed by atoms with Crippen LogP contribution in [0.1, 0.15) is 50.7 Å². The first-order valence-electron chi connectivity index (χ1n) is 11.9. The Labute approximate surface area is 204 Å². The van der Waals surface area contributed by atoms with Crippen LogP contribution in [0.15, 0.2) is 66.7 Å². The van der Waals surface area contributed by atoms with Gasteiger partial charge in [-0.25, -0.2) is 0 Å². The van der Waals surface area contributed by atoms with Crippen LogP contribution in [-0.4, -0.2) is 36.1 Å². The maximum Gasteiger partial charge on any atom is 0.221 e.